The molecule has 0 fully saturated rings. The summed E-state index contributed by atoms with van der Waals surface area (Å²) in [4.78, 5) is 29.5. The lowest BCUT2D eigenvalue weighted by Crippen LogP contribution is -2.28. The molecule has 0 aliphatic heterocycles. The van der Waals surface area contributed by atoms with Crippen LogP contribution in [0.25, 0.3) is 0 Å². The fraction of sp³-hybridized carbons (Fsp3) is 0.250. The molecule has 2 rings (SSSR count). The minimum Gasteiger partial charge on any atom is -0.350 e. The summed E-state index contributed by atoms with van der Waals surface area (Å²) in [5, 5.41) is 5.71. The molecule has 0 aliphatic carbocycles. The van der Waals surface area contributed by atoms with Gasteiger partial charge < -0.3 is 10.3 Å². The van der Waals surface area contributed by atoms with E-state index in [1.165, 1.54) is 6.07 Å². The Balaban J connectivity index is 1.87. The Morgan fingerprint density at radius 1 is 1.50 bits per heavy atom. The monoisotopic (exact) mass is 263 g/mol. The number of carbonyl (C=O) groups excluding carboxylic acids is 1. The van der Waals surface area contributed by atoms with Crippen molar-refractivity contribution >= 4 is 17.2 Å². The standard InChI is InChI=1S/C12H13N3O2S/c1-8-7-18-11(14-8)5-6-13-12(17)9-3-2-4-10(16)15-9/h2-4,7H,5-6H2,1H3,(H,13,17)(H,15,16). The van der Waals surface area contributed by atoms with Crippen molar-refractivity contribution in [3.63, 3.8) is 0 Å². The number of aryl methyl sites for hydroxylation is 1. The molecule has 0 radical (unpaired) electrons. The van der Waals surface area contributed by atoms with E-state index < -0.39 is 0 Å². The van der Waals surface area contributed by atoms with E-state index in [0.717, 1.165) is 10.7 Å². The van der Waals surface area contributed by atoms with E-state index in [1.54, 1.807) is 23.5 Å². The summed E-state index contributed by atoms with van der Waals surface area (Å²) < 4.78 is 0. The normalized spacial score (nSPS) is 10.3. The summed E-state index contributed by atoms with van der Waals surface area (Å²) in [7, 11) is 0. The summed E-state index contributed by atoms with van der Waals surface area (Å²) in [6, 6.07) is 4.50. The van der Waals surface area contributed by atoms with Crippen LogP contribution in [0.4, 0.5) is 0 Å². The van der Waals surface area contributed by atoms with Crippen molar-refractivity contribution in [3.05, 3.63) is 50.3 Å². The number of amides is 1. The number of hydrogen-bond acceptors (Lipinski definition) is 4. The topological polar surface area (TPSA) is 74.8 Å². The maximum Gasteiger partial charge on any atom is 0.267 e. The SMILES string of the molecule is Cc1csc(CCNC(=O)c2cccc(=O)[nH]2)n1. The van der Waals surface area contributed by atoms with Gasteiger partial charge in [0.05, 0.1) is 5.01 Å². The first-order valence-corrected chi connectivity index (χ1v) is 6.41. The zero-order valence-corrected chi connectivity index (χ0v) is 10.7. The first kappa shape index (κ1) is 12.5. The van der Waals surface area contributed by atoms with Gasteiger partial charge in [0.1, 0.15) is 5.69 Å². The van der Waals surface area contributed by atoms with Crippen molar-refractivity contribution in [1.29, 1.82) is 0 Å². The number of pyridine rings is 1. The van der Waals surface area contributed by atoms with Crippen LogP contribution in [0.5, 0.6) is 0 Å². The van der Waals surface area contributed by atoms with E-state index in [2.05, 4.69) is 15.3 Å². The highest BCUT2D eigenvalue weighted by Gasteiger charge is 2.06. The molecule has 5 nitrogen and oxygen atoms in total. The fourth-order valence-corrected chi connectivity index (χ4v) is 2.25. The Labute approximate surface area is 108 Å². The second-order valence-electron chi connectivity index (χ2n) is 3.82. The maximum absolute atomic E-state index is 11.7. The molecule has 0 aliphatic rings. The Hall–Kier alpha value is -1.95. The van der Waals surface area contributed by atoms with Gasteiger partial charge in [-0.15, -0.1) is 11.3 Å². The van der Waals surface area contributed by atoms with Crippen LogP contribution < -0.4 is 10.9 Å². The van der Waals surface area contributed by atoms with Gasteiger partial charge >= 0.3 is 0 Å². The highest BCUT2D eigenvalue weighted by molar-refractivity contribution is 7.09. The largest absolute Gasteiger partial charge is 0.350 e. The zero-order valence-electron chi connectivity index (χ0n) is 9.90. The lowest BCUT2D eigenvalue weighted by molar-refractivity contribution is 0.0949. The molecule has 2 aromatic heterocycles. The van der Waals surface area contributed by atoms with Crippen LogP contribution in [0.1, 0.15) is 21.2 Å². The van der Waals surface area contributed by atoms with Gasteiger partial charge in [0.2, 0.25) is 5.56 Å². The number of aromatic nitrogens is 2. The molecule has 0 saturated heterocycles. The van der Waals surface area contributed by atoms with E-state index >= 15 is 0 Å². The third-order valence-corrected chi connectivity index (χ3v) is 3.33. The second-order valence-corrected chi connectivity index (χ2v) is 4.76. The van der Waals surface area contributed by atoms with E-state index in [0.29, 0.717) is 13.0 Å². The molecule has 0 saturated carbocycles. The summed E-state index contributed by atoms with van der Waals surface area (Å²) in [5.41, 5.74) is 0.990. The fourth-order valence-electron chi connectivity index (χ4n) is 1.48. The van der Waals surface area contributed by atoms with Crippen molar-refractivity contribution in [2.45, 2.75) is 13.3 Å². The summed E-state index contributed by atoms with van der Waals surface area (Å²) in [5.74, 6) is -0.277. The van der Waals surface area contributed by atoms with Crippen LogP contribution in [0.15, 0.2) is 28.4 Å². The summed E-state index contributed by atoms with van der Waals surface area (Å²) in [6.45, 7) is 2.44. The Kier molecular flexibility index (Phi) is 3.88. The quantitative estimate of drug-likeness (QED) is 0.867. The van der Waals surface area contributed by atoms with Crippen molar-refractivity contribution in [2.24, 2.45) is 0 Å². The number of thiazole rings is 1. The van der Waals surface area contributed by atoms with Crippen molar-refractivity contribution in [3.8, 4) is 0 Å². The zero-order chi connectivity index (χ0) is 13.0. The molecule has 0 bridgehead atoms. The number of H-pyrrole nitrogens is 1. The van der Waals surface area contributed by atoms with Gasteiger partial charge in [-0.25, -0.2) is 4.98 Å². The molecule has 2 N–H and O–H groups in total. The van der Waals surface area contributed by atoms with Gasteiger partial charge in [0.15, 0.2) is 0 Å². The number of carbonyl (C=O) groups is 1. The smallest absolute Gasteiger partial charge is 0.267 e. The lowest BCUT2D eigenvalue weighted by atomic mass is 10.3. The van der Waals surface area contributed by atoms with Crippen LogP contribution in [0.2, 0.25) is 0 Å². The van der Waals surface area contributed by atoms with Gasteiger partial charge in [-0.2, -0.15) is 0 Å². The van der Waals surface area contributed by atoms with Crippen LogP contribution in [-0.2, 0) is 6.42 Å². The molecule has 0 spiro atoms. The Morgan fingerprint density at radius 2 is 2.33 bits per heavy atom. The number of nitrogens with zero attached hydrogens (tertiary/aromatic N) is 1. The van der Waals surface area contributed by atoms with E-state index in [-0.39, 0.29) is 17.2 Å². The van der Waals surface area contributed by atoms with Crippen LogP contribution in [0, 0.1) is 6.92 Å². The molecule has 0 unspecified atom stereocenters. The molecule has 0 aromatic carbocycles. The molecular formula is C12H13N3O2S. The van der Waals surface area contributed by atoms with Crippen LogP contribution >= 0.6 is 11.3 Å². The number of aromatic amines is 1. The van der Waals surface area contributed by atoms with E-state index in [1.807, 2.05) is 12.3 Å². The first-order valence-electron chi connectivity index (χ1n) is 5.54. The molecule has 2 aromatic rings. The predicted octanol–water partition coefficient (Wildman–Crippen LogP) is 1.11. The minimum absolute atomic E-state index is 0.276. The molecule has 94 valence electrons. The van der Waals surface area contributed by atoms with Crippen molar-refractivity contribution in [1.82, 2.24) is 15.3 Å². The summed E-state index contributed by atoms with van der Waals surface area (Å²) >= 11 is 1.58. The number of rotatable bonds is 4. The highest BCUT2D eigenvalue weighted by Crippen LogP contribution is 2.08. The van der Waals surface area contributed by atoms with Gasteiger partial charge in [-0.3, -0.25) is 9.59 Å². The minimum atomic E-state index is -0.279. The Bertz CT molecular complexity index is 603. The van der Waals surface area contributed by atoms with E-state index in [9.17, 15) is 9.59 Å². The number of hydrogen-bond donors (Lipinski definition) is 2. The third-order valence-electron chi connectivity index (χ3n) is 2.30. The second kappa shape index (κ2) is 5.59. The third kappa shape index (κ3) is 3.27. The van der Waals surface area contributed by atoms with Crippen LogP contribution in [-0.4, -0.2) is 22.4 Å². The van der Waals surface area contributed by atoms with Crippen LogP contribution in [0.3, 0.4) is 0 Å². The summed E-state index contributed by atoms with van der Waals surface area (Å²) in [6.07, 6.45) is 0.696. The average Bonchev–Trinajstić information content (AvgIpc) is 2.75. The molecule has 18 heavy (non-hydrogen) atoms. The maximum atomic E-state index is 11.7. The highest BCUT2D eigenvalue weighted by atomic mass is 32.1. The molecule has 2 heterocycles. The molecule has 6 heteroatoms. The molecular weight excluding hydrogens is 250 g/mol. The number of nitrogens with one attached hydrogen (secondary N) is 2. The molecule has 1 amide bonds. The average molecular weight is 263 g/mol. The van der Waals surface area contributed by atoms with Gasteiger partial charge in [0.25, 0.3) is 5.91 Å². The van der Waals surface area contributed by atoms with E-state index in [4.69, 9.17) is 0 Å². The van der Waals surface area contributed by atoms with Gasteiger partial charge in [-0.1, -0.05) is 6.07 Å². The predicted molar refractivity (Wildman–Crippen MR) is 70.0 cm³/mol. The van der Waals surface area contributed by atoms with Gasteiger partial charge in [-0.05, 0) is 13.0 Å². The molecule has 0 atom stereocenters. The first-order chi connectivity index (χ1) is 8.65. The lowest BCUT2D eigenvalue weighted by Gasteiger charge is -2.03. The van der Waals surface area contributed by atoms with Gasteiger partial charge in [0, 0.05) is 30.1 Å². The van der Waals surface area contributed by atoms with Crippen molar-refractivity contribution in [2.75, 3.05) is 6.54 Å². The Morgan fingerprint density at radius 3 is 3.00 bits per heavy atom. The van der Waals surface area contributed by atoms with Crippen molar-refractivity contribution < 1.29 is 4.79 Å².